The summed E-state index contributed by atoms with van der Waals surface area (Å²) < 4.78 is 1.67. The number of hydrogen-bond donors (Lipinski definition) is 0. The summed E-state index contributed by atoms with van der Waals surface area (Å²) in [5.74, 6) is 0. The summed E-state index contributed by atoms with van der Waals surface area (Å²) in [6, 6.07) is 6.16. The molecule has 0 atom stereocenters. The van der Waals surface area contributed by atoms with E-state index in [2.05, 4.69) is 9.97 Å². The molecule has 0 spiro atoms. The third-order valence-corrected chi connectivity index (χ3v) is 1.87. The van der Waals surface area contributed by atoms with Crippen LogP contribution in [0.4, 0.5) is 5.69 Å². The highest BCUT2D eigenvalue weighted by Crippen LogP contribution is 2.11. The minimum atomic E-state index is -0.435. The standard InChI is InChI=1S/C9H7N4O2/c14-13(15)9-3-1-8(2-4-9)12-6-10-5-11-7-12/h1-7H/q+1. The van der Waals surface area contributed by atoms with Crippen LogP contribution in [0.3, 0.4) is 0 Å². The summed E-state index contributed by atoms with van der Waals surface area (Å²) in [6.07, 6.45) is 4.57. The van der Waals surface area contributed by atoms with Crippen LogP contribution in [0.25, 0.3) is 5.69 Å². The summed E-state index contributed by atoms with van der Waals surface area (Å²) in [7, 11) is 0. The van der Waals surface area contributed by atoms with Crippen LogP contribution in [0.1, 0.15) is 0 Å². The van der Waals surface area contributed by atoms with Gasteiger partial charge in [-0.25, -0.2) is 4.57 Å². The summed E-state index contributed by atoms with van der Waals surface area (Å²) in [6.45, 7) is 0. The van der Waals surface area contributed by atoms with Gasteiger partial charge in [-0.2, -0.15) is 0 Å². The predicted octanol–water partition coefficient (Wildman–Crippen LogP) is 0.661. The zero-order valence-corrected chi connectivity index (χ0v) is 7.65. The first-order valence-corrected chi connectivity index (χ1v) is 4.18. The second-order valence-corrected chi connectivity index (χ2v) is 2.83. The average molecular weight is 203 g/mol. The van der Waals surface area contributed by atoms with Gasteiger partial charge in [-0.1, -0.05) is 9.97 Å². The minimum Gasteiger partial charge on any atom is -0.258 e. The maximum Gasteiger partial charge on any atom is 0.269 e. The van der Waals surface area contributed by atoms with Gasteiger partial charge in [-0.05, 0) is 12.1 Å². The Labute approximate surface area is 85.0 Å². The monoisotopic (exact) mass is 203 g/mol. The highest BCUT2D eigenvalue weighted by molar-refractivity contribution is 5.35. The fraction of sp³-hybridized carbons (Fsp3) is 0. The Balaban J connectivity index is 2.36. The molecule has 15 heavy (non-hydrogen) atoms. The molecule has 6 nitrogen and oxygen atoms in total. The minimum absolute atomic E-state index is 0.0659. The van der Waals surface area contributed by atoms with Crippen LogP contribution in [0.2, 0.25) is 0 Å². The molecule has 1 heterocycles. The first kappa shape index (κ1) is 9.20. The van der Waals surface area contributed by atoms with Gasteiger partial charge in [0.15, 0.2) is 0 Å². The van der Waals surface area contributed by atoms with Gasteiger partial charge >= 0.3 is 0 Å². The van der Waals surface area contributed by atoms with E-state index < -0.39 is 4.92 Å². The van der Waals surface area contributed by atoms with Gasteiger partial charge < -0.3 is 0 Å². The number of hydrogen-bond acceptors (Lipinski definition) is 4. The fourth-order valence-corrected chi connectivity index (χ4v) is 1.15. The molecule has 0 aliphatic heterocycles. The Morgan fingerprint density at radius 2 is 1.73 bits per heavy atom. The summed E-state index contributed by atoms with van der Waals surface area (Å²) in [5, 5.41) is 10.4. The summed E-state index contributed by atoms with van der Waals surface area (Å²) in [4.78, 5) is 17.7. The van der Waals surface area contributed by atoms with Crippen molar-refractivity contribution in [2.75, 3.05) is 0 Å². The molecule has 74 valence electrons. The lowest BCUT2D eigenvalue weighted by molar-refractivity contribution is -0.602. The normalized spacial score (nSPS) is 9.87. The van der Waals surface area contributed by atoms with Gasteiger partial charge in [0.1, 0.15) is 5.69 Å². The molecule has 0 fully saturated rings. The number of rotatable bonds is 2. The third-order valence-electron chi connectivity index (χ3n) is 1.87. The maximum atomic E-state index is 10.4. The summed E-state index contributed by atoms with van der Waals surface area (Å²) in [5.41, 5.74) is 0.845. The van der Waals surface area contributed by atoms with Gasteiger partial charge in [0.2, 0.25) is 12.7 Å². The molecule has 0 N–H and O–H groups in total. The smallest absolute Gasteiger partial charge is 0.258 e. The SMILES string of the molecule is O=[N+]([O-])c1ccc(-[n+]2cncnc2)cc1. The van der Waals surface area contributed by atoms with E-state index in [1.807, 2.05) is 0 Å². The molecule has 1 aromatic heterocycles. The second-order valence-electron chi connectivity index (χ2n) is 2.83. The number of non-ortho nitro benzene ring substituents is 1. The van der Waals surface area contributed by atoms with Crippen molar-refractivity contribution in [1.29, 1.82) is 0 Å². The lowest BCUT2D eigenvalue weighted by Crippen LogP contribution is -2.30. The van der Waals surface area contributed by atoms with Crippen LogP contribution < -0.4 is 4.57 Å². The Morgan fingerprint density at radius 3 is 2.27 bits per heavy atom. The van der Waals surface area contributed by atoms with E-state index in [9.17, 15) is 10.1 Å². The van der Waals surface area contributed by atoms with E-state index in [0.717, 1.165) is 5.69 Å². The lowest BCUT2D eigenvalue weighted by Gasteiger charge is -1.96. The van der Waals surface area contributed by atoms with E-state index in [-0.39, 0.29) is 5.69 Å². The number of benzene rings is 1. The van der Waals surface area contributed by atoms with Crippen LogP contribution in [-0.4, -0.2) is 14.9 Å². The Kier molecular flexibility index (Phi) is 2.32. The van der Waals surface area contributed by atoms with E-state index >= 15 is 0 Å². The van der Waals surface area contributed by atoms with E-state index in [4.69, 9.17) is 0 Å². The lowest BCUT2D eigenvalue weighted by atomic mass is 10.3. The number of nitro groups is 1. The van der Waals surface area contributed by atoms with Crippen molar-refractivity contribution in [3.63, 3.8) is 0 Å². The molecule has 0 saturated heterocycles. The van der Waals surface area contributed by atoms with Crippen LogP contribution in [-0.2, 0) is 0 Å². The van der Waals surface area contributed by atoms with Crippen LogP contribution in [0.5, 0.6) is 0 Å². The zero-order chi connectivity index (χ0) is 10.7. The van der Waals surface area contributed by atoms with Gasteiger partial charge in [0, 0.05) is 12.1 Å². The van der Waals surface area contributed by atoms with Gasteiger partial charge in [0.25, 0.3) is 12.0 Å². The third kappa shape index (κ3) is 1.93. The van der Waals surface area contributed by atoms with E-state index in [1.165, 1.54) is 18.5 Å². The second kappa shape index (κ2) is 3.79. The zero-order valence-electron chi connectivity index (χ0n) is 7.65. The average Bonchev–Trinajstić information content (AvgIpc) is 2.30. The van der Waals surface area contributed by atoms with Crippen LogP contribution in [0, 0.1) is 10.1 Å². The molecule has 0 unspecified atom stereocenters. The van der Waals surface area contributed by atoms with Crippen molar-refractivity contribution in [3.8, 4) is 5.69 Å². The highest BCUT2D eigenvalue weighted by Gasteiger charge is 2.06. The van der Waals surface area contributed by atoms with Crippen LogP contribution >= 0.6 is 0 Å². The largest absolute Gasteiger partial charge is 0.269 e. The van der Waals surface area contributed by atoms with Crippen molar-refractivity contribution in [3.05, 3.63) is 53.4 Å². The highest BCUT2D eigenvalue weighted by atomic mass is 16.6. The molecular formula is C9H7N4O2+. The molecule has 0 amide bonds. The molecule has 0 radical (unpaired) electrons. The van der Waals surface area contributed by atoms with Crippen molar-refractivity contribution in [2.24, 2.45) is 0 Å². The topological polar surface area (TPSA) is 72.8 Å². The maximum absolute atomic E-state index is 10.4. The molecule has 0 bridgehead atoms. The number of nitrogens with zero attached hydrogens (tertiary/aromatic N) is 4. The van der Waals surface area contributed by atoms with Crippen LogP contribution in [0.15, 0.2) is 43.2 Å². The molecule has 2 rings (SSSR count). The van der Waals surface area contributed by atoms with Crippen molar-refractivity contribution in [1.82, 2.24) is 9.97 Å². The molecular weight excluding hydrogens is 196 g/mol. The van der Waals surface area contributed by atoms with Crippen molar-refractivity contribution < 1.29 is 9.49 Å². The molecule has 0 saturated carbocycles. The van der Waals surface area contributed by atoms with Gasteiger partial charge in [-0.15, -0.1) is 0 Å². The Morgan fingerprint density at radius 1 is 1.13 bits per heavy atom. The molecule has 0 aliphatic carbocycles. The van der Waals surface area contributed by atoms with Gasteiger partial charge in [-0.3, -0.25) is 10.1 Å². The molecule has 1 aromatic carbocycles. The number of nitro benzene ring substituents is 1. The van der Waals surface area contributed by atoms with Crippen molar-refractivity contribution in [2.45, 2.75) is 0 Å². The van der Waals surface area contributed by atoms with Crippen molar-refractivity contribution >= 4 is 5.69 Å². The first-order valence-electron chi connectivity index (χ1n) is 4.18. The molecule has 0 aliphatic rings. The number of aromatic nitrogens is 3. The Bertz CT molecular complexity index is 469. The molecule has 6 heteroatoms. The fourth-order valence-electron chi connectivity index (χ4n) is 1.15. The van der Waals surface area contributed by atoms with E-state index in [1.54, 1.807) is 29.4 Å². The predicted molar refractivity (Wildman–Crippen MR) is 50.2 cm³/mol. The van der Waals surface area contributed by atoms with E-state index in [0.29, 0.717) is 0 Å². The Hall–Kier alpha value is -2.37. The quantitative estimate of drug-likeness (QED) is 0.408. The first-order chi connectivity index (χ1) is 7.27. The summed E-state index contributed by atoms with van der Waals surface area (Å²) >= 11 is 0. The van der Waals surface area contributed by atoms with Gasteiger partial charge in [0.05, 0.1) is 4.92 Å². The molecule has 2 aromatic rings.